The van der Waals surface area contributed by atoms with Crippen LogP contribution in [0.3, 0.4) is 0 Å². The van der Waals surface area contributed by atoms with Gasteiger partial charge in [-0.15, -0.1) is 0 Å². The Labute approximate surface area is 225 Å². The van der Waals surface area contributed by atoms with E-state index in [-0.39, 0.29) is 18.6 Å². The second-order valence-corrected chi connectivity index (χ2v) is 10.4. The summed E-state index contributed by atoms with van der Waals surface area (Å²) in [7, 11) is -3.67. The summed E-state index contributed by atoms with van der Waals surface area (Å²) in [6.45, 7) is 3.77. The molecule has 12 heteroatoms. The topological polar surface area (TPSA) is 159 Å². The molecular formula is C27H28N6O5S. The van der Waals surface area contributed by atoms with Crippen molar-refractivity contribution in [1.29, 1.82) is 0 Å². The molecule has 39 heavy (non-hydrogen) atoms. The van der Waals surface area contributed by atoms with Crippen LogP contribution in [0.2, 0.25) is 0 Å². The zero-order chi connectivity index (χ0) is 28.0. The molecule has 0 saturated carbocycles. The maximum Gasteiger partial charge on any atom is 0.261 e. The number of nitrogens with zero attached hydrogens (tertiary/aromatic N) is 3. The highest BCUT2D eigenvalue weighted by Crippen LogP contribution is 2.29. The molecule has 1 amide bonds. The van der Waals surface area contributed by atoms with Gasteiger partial charge in [0.15, 0.2) is 12.4 Å². The van der Waals surface area contributed by atoms with Gasteiger partial charge in [-0.1, -0.05) is 24.3 Å². The first-order valence-corrected chi connectivity index (χ1v) is 13.8. The minimum absolute atomic E-state index is 0.0521. The Morgan fingerprint density at radius 3 is 2.59 bits per heavy atom. The number of benzene rings is 3. The molecule has 0 aliphatic heterocycles. The number of ether oxygens (including phenoxy) is 1. The molecule has 5 aromatic rings. The molecule has 2 aromatic heterocycles. The molecule has 2 heterocycles. The summed E-state index contributed by atoms with van der Waals surface area (Å²) >= 11 is 0. The lowest BCUT2D eigenvalue weighted by molar-refractivity contribution is -0.123. The van der Waals surface area contributed by atoms with Crippen molar-refractivity contribution in [2.75, 3.05) is 18.2 Å². The minimum atomic E-state index is -3.67. The van der Waals surface area contributed by atoms with E-state index < -0.39 is 10.1 Å². The first-order chi connectivity index (χ1) is 18.5. The maximum absolute atomic E-state index is 11.9. The van der Waals surface area contributed by atoms with Crippen LogP contribution < -0.4 is 15.4 Å². The van der Waals surface area contributed by atoms with Gasteiger partial charge in [0.05, 0.1) is 23.5 Å². The predicted molar refractivity (Wildman–Crippen MR) is 151 cm³/mol. The summed E-state index contributed by atoms with van der Waals surface area (Å²) in [5.41, 5.74) is 3.48. The summed E-state index contributed by atoms with van der Waals surface area (Å²) < 4.78 is 31.6. The van der Waals surface area contributed by atoms with Crippen LogP contribution in [-0.4, -0.2) is 57.9 Å². The number of carbonyl (C=O) groups is 1. The van der Waals surface area contributed by atoms with Gasteiger partial charge in [0.25, 0.3) is 16.0 Å². The van der Waals surface area contributed by atoms with Crippen molar-refractivity contribution in [2.24, 2.45) is 0 Å². The standard InChI is InChI=1S/C26H24N6O2.CH4O3S/c1-16(2)28-24(33)15-34-20-7-5-6-17(13-20)25-30-23-9-4-3-8-21(23)26(31-25)29-19-10-11-22-18(12-19)14-27-32-22;1-5(2,3)4/h3-14,16H,15H2,1-2H3,(H,27,32)(H,28,33)(H,29,30,31);1H3,(H,2,3,4). The maximum atomic E-state index is 11.9. The van der Waals surface area contributed by atoms with E-state index in [1.807, 2.05) is 80.6 Å². The third-order valence-electron chi connectivity index (χ3n) is 5.22. The number of rotatable bonds is 7. The van der Waals surface area contributed by atoms with Crippen LogP contribution in [0, 0.1) is 0 Å². The van der Waals surface area contributed by atoms with Crippen molar-refractivity contribution in [3.8, 4) is 17.1 Å². The van der Waals surface area contributed by atoms with Crippen molar-refractivity contribution in [2.45, 2.75) is 19.9 Å². The summed E-state index contributed by atoms with van der Waals surface area (Å²) in [5, 5.41) is 15.2. The highest BCUT2D eigenvalue weighted by atomic mass is 32.2. The molecule has 11 nitrogen and oxygen atoms in total. The molecule has 0 fully saturated rings. The summed E-state index contributed by atoms with van der Waals surface area (Å²) in [4.78, 5) is 21.5. The van der Waals surface area contributed by atoms with Gasteiger partial charge in [-0.2, -0.15) is 13.5 Å². The van der Waals surface area contributed by atoms with Gasteiger partial charge in [0, 0.05) is 28.1 Å². The molecule has 4 N–H and O–H groups in total. The number of fused-ring (bicyclic) bond motifs is 2. The monoisotopic (exact) mass is 548 g/mol. The molecule has 0 unspecified atom stereocenters. The molecular weight excluding hydrogens is 520 g/mol. The lowest BCUT2D eigenvalue weighted by atomic mass is 10.1. The number of anilines is 2. The van der Waals surface area contributed by atoms with Crippen molar-refractivity contribution < 1.29 is 22.5 Å². The van der Waals surface area contributed by atoms with E-state index in [4.69, 9.17) is 19.3 Å². The second kappa shape index (κ2) is 11.9. The van der Waals surface area contributed by atoms with Crippen molar-refractivity contribution in [3.63, 3.8) is 0 Å². The smallest absolute Gasteiger partial charge is 0.261 e. The second-order valence-electron chi connectivity index (χ2n) is 8.98. The van der Waals surface area contributed by atoms with Gasteiger partial charge in [0.2, 0.25) is 0 Å². The molecule has 5 rings (SSSR count). The van der Waals surface area contributed by atoms with Crippen LogP contribution in [-0.2, 0) is 14.9 Å². The Morgan fingerprint density at radius 2 is 1.82 bits per heavy atom. The van der Waals surface area contributed by atoms with Crippen LogP contribution in [0.5, 0.6) is 5.75 Å². The number of nitrogens with one attached hydrogen (secondary N) is 3. The van der Waals surface area contributed by atoms with Crippen LogP contribution in [0.25, 0.3) is 33.2 Å². The lowest BCUT2D eigenvalue weighted by Crippen LogP contribution is -2.34. The number of carbonyl (C=O) groups excluding carboxylic acids is 1. The van der Waals surface area contributed by atoms with Crippen LogP contribution in [0.1, 0.15) is 13.8 Å². The first-order valence-electron chi connectivity index (χ1n) is 12.0. The fourth-order valence-corrected chi connectivity index (χ4v) is 3.70. The highest BCUT2D eigenvalue weighted by Gasteiger charge is 2.12. The van der Waals surface area contributed by atoms with Gasteiger partial charge >= 0.3 is 0 Å². The highest BCUT2D eigenvalue weighted by molar-refractivity contribution is 7.85. The van der Waals surface area contributed by atoms with Crippen LogP contribution in [0.15, 0.2) is 72.9 Å². The van der Waals surface area contributed by atoms with Crippen molar-refractivity contribution in [1.82, 2.24) is 25.5 Å². The predicted octanol–water partition coefficient (Wildman–Crippen LogP) is 4.32. The number of amides is 1. The van der Waals surface area contributed by atoms with Gasteiger partial charge in [-0.25, -0.2) is 9.97 Å². The molecule has 0 atom stereocenters. The number of hydrogen-bond donors (Lipinski definition) is 4. The zero-order valence-corrected chi connectivity index (χ0v) is 22.4. The third-order valence-corrected chi connectivity index (χ3v) is 5.22. The first kappa shape index (κ1) is 27.5. The Morgan fingerprint density at radius 1 is 1.05 bits per heavy atom. The fraction of sp³-hybridized carbons (Fsp3) is 0.185. The van der Waals surface area contributed by atoms with Gasteiger partial charge in [-0.3, -0.25) is 14.4 Å². The van der Waals surface area contributed by atoms with Gasteiger partial charge in [-0.05, 0) is 56.3 Å². The number of hydrogen-bond acceptors (Lipinski definition) is 8. The minimum Gasteiger partial charge on any atom is -0.484 e. The number of para-hydroxylation sites is 1. The Kier molecular flexibility index (Phi) is 8.37. The van der Waals surface area contributed by atoms with Gasteiger partial charge in [0.1, 0.15) is 11.6 Å². The average Bonchev–Trinajstić information content (AvgIpc) is 3.34. The molecule has 0 bridgehead atoms. The average molecular weight is 549 g/mol. The van der Waals surface area contributed by atoms with Crippen molar-refractivity contribution in [3.05, 3.63) is 72.9 Å². The van der Waals surface area contributed by atoms with Crippen LogP contribution in [0.4, 0.5) is 11.5 Å². The molecule has 0 radical (unpaired) electrons. The molecule has 202 valence electrons. The van der Waals surface area contributed by atoms with Crippen LogP contribution >= 0.6 is 0 Å². The quantitative estimate of drug-likeness (QED) is 0.217. The normalized spacial score (nSPS) is 11.2. The van der Waals surface area contributed by atoms with E-state index in [9.17, 15) is 13.2 Å². The summed E-state index contributed by atoms with van der Waals surface area (Å²) in [6, 6.07) is 21.3. The summed E-state index contributed by atoms with van der Waals surface area (Å²) in [5.74, 6) is 1.67. The Hall–Kier alpha value is -4.55. The number of H-pyrrole nitrogens is 1. The Balaban J connectivity index is 0.000000648. The van der Waals surface area contributed by atoms with E-state index in [0.29, 0.717) is 23.6 Å². The fourth-order valence-electron chi connectivity index (χ4n) is 3.70. The number of aromatic nitrogens is 4. The van der Waals surface area contributed by atoms with E-state index in [1.165, 1.54) is 0 Å². The lowest BCUT2D eigenvalue weighted by Gasteiger charge is -2.12. The molecule has 0 aliphatic carbocycles. The van der Waals surface area contributed by atoms with E-state index >= 15 is 0 Å². The van der Waals surface area contributed by atoms with Gasteiger partial charge < -0.3 is 15.4 Å². The summed E-state index contributed by atoms with van der Waals surface area (Å²) in [6.07, 6.45) is 2.50. The zero-order valence-electron chi connectivity index (χ0n) is 21.5. The largest absolute Gasteiger partial charge is 0.484 e. The number of aromatic amines is 1. The molecule has 0 saturated heterocycles. The SMILES string of the molecule is CC(C)NC(=O)COc1cccc(-c2nc(Nc3ccc4[nH]ncc4c3)c3ccccc3n2)c1.CS(=O)(=O)O. The molecule has 3 aromatic carbocycles. The Bertz CT molecular complexity index is 1710. The van der Waals surface area contributed by atoms with E-state index in [1.54, 1.807) is 6.20 Å². The van der Waals surface area contributed by atoms with E-state index in [2.05, 4.69) is 20.8 Å². The van der Waals surface area contributed by atoms with Crippen molar-refractivity contribution >= 4 is 49.3 Å². The third kappa shape index (κ3) is 7.97. The van der Waals surface area contributed by atoms with E-state index in [0.717, 1.165) is 33.1 Å². The molecule has 0 spiro atoms. The molecule has 0 aliphatic rings.